The highest BCUT2D eigenvalue weighted by molar-refractivity contribution is 5.92. The van der Waals surface area contributed by atoms with Crippen molar-refractivity contribution in [2.45, 2.75) is 55.3 Å². The van der Waals surface area contributed by atoms with Gasteiger partial charge in [0.05, 0.1) is 17.6 Å². The molecule has 2 aliphatic heterocycles. The lowest BCUT2D eigenvalue weighted by Gasteiger charge is -2.73. The number of rotatable bonds is 7. The van der Waals surface area contributed by atoms with Crippen LogP contribution in [0.25, 0.3) is 6.08 Å². The van der Waals surface area contributed by atoms with Gasteiger partial charge in [-0.25, -0.2) is 0 Å². The predicted octanol–water partition coefficient (Wildman–Crippen LogP) is 3.88. The molecule has 4 bridgehead atoms. The Kier molecular flexibility index (Phi) is 5.61. The van der Waals surface area contributed by atoms with Crippen LogP contribution in [0.3, 0.4) is 0 Å². The van der Waals surface area contributed by atoms with Crippen molar-refractivity contribution < 1.29 is 23.9 Å². The first-order valence-corrected chi connectivity index (χ1v) is 14.1. The van der Waals surface area contributed by atoms with Crippen LogP contribution in [0.5, 0.6) is 11.5 Å². The second-order valence-corrected chi connectivity index (χ2v) is 12.2. The van der Waals surface area contributed by atoms with E-state index in [4.69, 9.17) is 14.2 Å². The molecular formula is C31H35N3O6. The Labute approximate surface area is 233 Å². The first-order chi connectivity index (χ1) is 19.3. The number of likely N-dealkylation sites (N-methyl/N-ethyl adjacent to an activating group) is 1. The zero-order valence-electron chi connectivity index (χ0n) is 23.1. The van der Waals surface area contributed by atoms with Gasteiger partial charge in [-0.15, -0.1) is 0 Å². The number of methoxy groups -OCH3 is 2. The molecule has 0 radical (unpaired) electrons. The molecule has 4 fully saturated rings. The fourth-order valence-electron chi connectivity index (χ4n) is 9.46. The number of hydrogen-bond acceptors (Lipinski definition) is 7. The Morgan fingerprint density at radius 2 is 2.05 bits per heavy atom. The van der Waals surface area contributed by atoms with Crippen LogP contribution in [0.2, 0.25) is 0 Å². The lowest BCUT2D eigenvalue weighted by molar-refractivity contribution is -0.385. The summed E-state index contributed by atoms with van der Waals surface area (Å²) in [4.78, 5) is 26.4. The Morgan fingerprint density at radius 3 is 2.83 bits per heavy atom. The van der Waals surface area contributed by atoms with Crippen molar-refractivity contribution in [3.63, 3.8) is 0 Å². The summed E-state index contributed by atoms with van der Waals surface area (Å²) in [6, 6.07) is 11.1. The minimum Gasteiger partial charge on any atom is -0.493 e. The maximum absolute atomic E-state index is 13.0. The highest BCUT2D eigenvalue weighted by Crippen LogP contribution is 2.76. The molecule has 9 nitrogen and oxygen atoms in total. The van der Waals surface area contributed by atoms with Gasteiger partial charge in [0.15, 0.2) is 11.5 Å². The number of likely N-dealkylation sites (tertiary alicyclic amines) is 1. The summed E-state index contributed by atoms with van der Waals surface area (Å²) in [5, 5.41) is 14.5. The molecule has 1 N–H and O–H groups in total. The first-order valence-electron chi connectivity index (χ1n) is 14.1. The van der Waals surface area contributed by atoms with Crippen LogP contribution < -0.4 is 14.8 Å². The van der Waals surface area contributed by atoms with Gasteiger partial charge < -0.3 is 24.4 Å². The van der Waals surface area contributed by atoms with E-state index in [9.17, 15) is 14.9 Å². The number of hydrogen-bond donors (Lipinski definition) is 1. The van der Waals surface area contributed by atoms with E-state index < -0.39 is 10.5 Å². The van der Waals surface area contributed by atoms with Gasteiger partial charge in [-0.2, -0.15) is 0 Å². The van der Waals surface area contributed by atoms with Gasteiger partial charge in [0, 0.05) is 54.2 Å². The number of nitro benzene ring substituents is 1. The maximum atomic E-state index is 13.0. The normalized spacial score (nSPS) is 34.8. The molecule has 3 saturated carbocycles. The van der Waals surface area contributed by atoms with E-state index in [1.54, 1.807) is 32.4 Å². The molecule has 2 spiro atoms. The monoisotopic (exact) mass is 545 g/mol. The summed E-state index contributed by atoms with van der Waals surface area (Å²) >= 11 is 0. The molecule has 1 amide bonds. The molecule has 40 heavy (non-hydrogen) atoms. The molecule has 1 saturated heterocycles. The number of para-hydroxylation sites is 1. The highest BCUT2D eigenvalue weighted by Gasteiger charge is 2.80. The van der Waals surface area contributed by atoms with Gasteiger partial charge in [-0.3, -0.25) is 14.9 Å². The van der Waals surface area contributed by atoms with Gasteiger partial charge in [0.1, 0.15) is 11.7 Å². The molecule has 0 unspecified atom stereocenters. The Bertz CT molecular complexity index is 1440. The lowest BCUT2D eigenvalue weighted by atomic mass is 9.35. The van der Waals surface area contributed by atoms with Gasteiger partial charge >= 0.3 is 0 Å². The number of ether oxygens (including phenoxy) is 3. The number of nitro groups is 1. The summed E-state index contributed by atoms with van der Waals surface area (Å²) in [5.74, 6) is 1.45. The van der Waals surface area contributed by atoms with E-state index in [0.717, 1.165) is 50.1 Å². The smallest absolute Gasteiger partial charge is 0.276 e. The number of amides is 1. The third kappa shape index (κ3) is 3.07. The number of nitrogens with zero attached hydrogens (tertiary/aromatic N) is 2. The van der Waals surface area contributed by atoms with Crippen LogP contribution in [-0.4, -0.2) is 67.8 Å². The second-order valence-electron chi connectivity index (χ2n) is 12.2. The van der Waals surface area contributed by atoms with E-state index in [2.05, 4.69) is 23.3 Å². The van der Waals surface area contributed by atoms with Crippen LogP contribution in [-0.2, 0) is 21.4 Å². The number of benzene rings is 2. The van der Waals surface area contributed by atoms with Crippen molar-refractivity contribution in [1.29, 1.82) is 0 Å². The number of nitrogens with one attached hydrogen (secondary N) is 1. The molecule has 6 atom stereocenters. The van der Waals surface area contributed by atoms with Crippen molar-refractivity contribution in [2.24, 2.45) is 11.3 Å². The van der Waals surface area contributed by atoms with Crippen molar-refractivity contribution in [3.05, 3.63) is 69.3 Å². The fourth-order valence-corrected chi connectivity index (χ4v) is 9.46. The molecule has 210 valence electrons. The summed E-state index contributed by atoms with van der Waals surface area (Å²) in [6.07, 6.45) is 7.61. The molecule has 2 aromatic rings. The average molecular weight is 546 g/mol. The Morgan fingerprint density at radius 1 is 1.23 bits per heavy atom. The van der Waals surface area contributed by atoms with Crippen LogP contribution >= 0.6 is 0 Å². The van der Waals surface area contributed by atoms with Gasteiger partial charge in [0.2, 0.25) is 5.91 Å². The van der Waals surface area contributed by atoms with Crippen LogP contribution in [0, 0.1) is 21.4 Å². The SMILES string of the molecule is COc1ccc2c3c1O[C@H]1[C@@]4(OC)CC[C@@]5(C[C@@H]4CNC(=O)/C=C/c4ccccc4[N+](=O)[O-])[C@@H](C2)N(C)CC[C@]315. The zero-order valence-corrected chi connectivity index (χ0v) is 23.1. The third-order valence-electron chi connectivity index (χ3n) is 11.0. The van der Waals surface area contributed by atoms with E-state index in [0.29, 0.717) is 18.2 Å². The summed E-state index contributed by atoms with van der Waals surface area (Å²) in [7, 11) is 5.75. The topological polar surface area (TPSA) is 103 Å². The van der Waals surface area contributed by atoms with E-state index in [-0.39, 0.29) is 34.4 Å². The zero-order chi connectivity index (χ0) is 27.9. The molecule has 9 heteroatoms. The van der Waals surface area contributed by atoms with E-state index in [1.807, 2.05) is 6.07 Å². The van der Waals surface area contributed by atoms with Crippen molar-refractivity contribution in [2.75, 3.05) is 34.4 Å². The standard InChI is InChI=1S/C31H35N3O6/c1-33-15-14-30-26-20-8-10-23(38-2)27(26)40-28(30)31(39-3)13-12-29(30,24(33)16-20)17-21(31)18-32-25(35)11-9-19-6-4-5-7-22(19)34(36)37/h4-11,21,24,28H,12-18H2,1-3H3,(H,32,35)/b11-9+/t21-,24-,28-,29-,30+,31-/m1/s1. The molecule has 0 aromatic heterocycles. The summed E-state index contributed by atoms with van der Waals surface area (Å²) in [6.45, 7) is 1.46. The number of fused-ring (bicyclic) bond motifs is 2. The first kappa shape index (κ1) is 25.5. The second kappa shape index (κ2) is 8.78. The largest absolute Gasteiger partial charge is 0.493 e. The van der Waals surface area contributed by atoms with Crippen molar-refractivity contribution in [3.8, 4) is 11.5 Å². The predicted molar refractivity (Wildman–Crippen MR) is 148 cm³/mol. The van der Waals surface area contributed by atoms with E-state index in [1.165, 1.54) is 29.3 Å². The minimum absolute atomic E-state index is 0.0193. The van der Waals surface area contributed by atoms with Crippen LogP contribution in [0.4, 0.5) is 5.69 Å². The molecule has 6 aliphatic rings. The molecule has 8 rings (SSSR count). The number of carbonyl (C=O) groups is 1. The maximum Gasteiger partial charge on any atom is 0.276 e. The summed E-state index contributed by atoms with van der Waals surface area (Å²) in [5.41, 5.74) is 2.42. The average Bonchev–Trinajstić information content (AvgIpc) is 3.34. The molecule has 2 heterocycles. The Balaban J connectivity index is 1.22. The summed E-state index contributed by atoms with van der Waals surface area (Å²) < 4.78 is 19.3. The van der Waals surface area contributed by atoms with Gasteiger partial charge in [0.25, 0.3) is 5.69 Å². The third-order valence-corrected chi connectivity index (χ3v) is 11.0. The van der Waals surface area contributed by atoms with Crippen molar-refractivity contribution >= 4 is 17.7 Å². The van der Waals surface area contributed by atoms with Gasteiger partial charge in [-0.1, -0.05) is 18.2 Å². The van der Waals surface area contributed by atoms with Crippen molar-refractivity contribution in [1.82, 2.24) is 10.2 Å². The molecule has 2 aromatic carbocycles. The molecule has 4 aliphatic carbocycles. The van der Waals surface area contributed by atoms with E-state index >= 15 is 0 Å². The number of carbonyl (C=O) groups excluding carboxylic acids is 1. The van der Waals surface area contributed by atoms with Gasteiger partial charge in [-0.05, 0) is 69.5 Å². The molecular weight excluding hydrogens is 510 g/mol. The number of piperidine rings is 1. The Hall–Kier alpha value is -3.43. The fraction of sp³-hybridized carbons (Fsp3) is 0.516. The highest BCUT2D eigenvalue weighted by atomic mass is 16.6. The quantitative estimate of drug-likeness (QED) is 0.320. The lowest BCUT2D eigenvalue weighted by Crippen LogP contribution is -2.81. The minimum atomic E-state index is -0.546. The van der Waals surface area contributed by atoms with Crippen LogP contribution in [0.1, 0.15) is 42.4 Å². The van der Waals surface area contributed by atoms with Crippen LogP contribution in [0.15, 0.2) is 42.5 Å².